The van der Waals surface area contributed by atoms with Crippen LogP contribution in [-0.2, 0) is 23.8 Å². The van der Waals surface area contributed by atoms with Gasteiger partial charge in [0.15, 0.2) is 0 Å². The van der Waals surface area contributed by atoms with E-state index >= 15 is 0 Å². The van der Waals surface area contributed by atoms with Crippen molar-refractivity contribution in [3.05, 3.63) is 23.5 Å². The molecule has 0 aromatic rings. The van der Waals surface area contributed by atoms with Crippen LogP contribution in [0.1, 0.15) is 84.0 Å². The molecule has 30 heavy (non-hydrogen) atoms. The van der Waals surface area contributed by atoms with Crippen molar-refractivity contribution in [3.63, 3.8) is 0 Å². The lowest BCUT2D eigenvalue weighted by Crippen LogP contribution is -2.24. The first-order chi connectivity index (χ1) is 14.5. The Morgan fingerprint density at radius 1 is 0.900 bits per heavy atom. The maximum atomic E-state index is 13.3. The number of allylic oxidation sites excluding steroid dienone is 1. The van der Waals surface area contributed by atoms with Gasteiger partial charge in [-0.1, -0.05) is 45.1 Å². The van der Waals surface area contributed by atoms with Gasteiger partial charge in [0.05, 0.1) is 24.4 Å². The molecule has 5 nitrogen and oxygen atoms in total. The van der Waals surface area contributed by atoms with E-state index < -0.39 is 5.97 Å². The van der Waals surface area contributed by atoms with Gasteiger partial charge >= 0.3 is 11.9 Å². The summed E-state index contributed by atoms with van der Waals surface area (Å²) in [5, 5.41) is 0. The maximum Gasteiger partial charge on any atom is 0.338 e. The molecule has 3 atom stereocenters. The van der Waals surface area contributed by atoms with Crippen LogP contribution in [-0.4, -0.2) is 30.8 Å². The van der Waals surface area contributed by atoms with E-state index in [-0.39, 0.29) is 11.9 Å². The summed E-state index contributed by atoms with van der Waals surface area (Å²) >= 11 is 0. The monoisotopic (exact) mass is 416 g/mol. The molecule has 4 rings (SSSR count). The predicted octanol–water partition coefficient (Wildman–Crippen LogP) is 5.24. The van der Waals surface area contributed by atoms with Crippen molar-refractivity contribution in [2.45, 2.75) is 96.2 Å². The average molecular weight is 417 g/mol. The molecule has 0 aromatic carbocycles. The zero-order valence-electron chi connectivity index (χ0n) is 18.3. The molecule has 0 spiro atoms. The first-order valence-corrected chi connectivity index (χ1v) is 11.9. The van der Waals surface area contributed by atoms with E-state index in [9.17, 15) is 9.59 Å². The molecule has 3 unspecified atom stereocenters. The number of carbonyl (C=O) groups is 2. The van der Waals surface area contributed by atoms with Crippen LogP contribution in [0.15, 0.2) is 23.5 Å². The number of hydrogen-bond donors (Lipinski definition) is 0. The summed E-state index contributed by atoms with van der Waals surface area (Å²) in [4.78, 5) is 25.7. The van der Waals surface area contributed by atoms with Gasteiger partial charge in [-0.3, -0.25) is 0 Å². The zero-order chi connectivity index (χ0) is 21.1. The Hall–Kier alpha value is -1.62. The lowest BCUT2D eigenvalue weighted by molar-refractivity contribution is -0.142. The highest BCUT2D eigenvalue weighted by atomic mass is 16.6. The van der Waals surface area contributed by atoms with Crippen molar-refractivity contribution in [1.29, 1.82) is 0 Å². The van der Waals surface area contributed by atoms with Gasteiger partial charge in [0.2, 0.25) is 0 Å². The van der Waals surface area contributed by atoms with Crippen LogP contribution in [0.5, 0.6) is 0 Å². The Labute approximate surface area is 180 Å². The van der Waals surface area contributed by atoms with Crippen LogP contribution in [0, 0.1) is 17.8 Å². The second-order valence-corrected chi connectivity index (χ2v) is 9.84. The van der Waals surface area contributed by atoms with E-state index in [4.69, 9.17) is 14.2 Å². The zero-order valence-corrected chi connectivity index (χ0v) is 18.3. The number of fused-ring (bicyclic) bond motifs is 1. The van der Waals surface area contributed by atoms with E-state index in [1.54, 1.807) is 6.92 Å². The van der Waals surface area contributed by atoms with E-state index in [1.165, 1.54) is 12.8 Å². The lowest BCUT2D eigenvalue weighted by atomic mass is 9.90. The van der Waals surface area contributed by atoms with Crippen LogP contribution in [0.4, 0.5) is 0 Å². The number of hydrogen-bond acceptors (Lipinski definition) is 5. The van der Waals surface area contributed by atoms with E-state index in [0.29, 0.717) is 54.0 Å². The Bertz CT molecular complexity index is 696. The Morgan fingerprint density at radius 3 is 2.27 bits per heavy atom. The van der Waals surface area contributed by atoms with Crippen molar-refractivity contribution in [2.24, 2.45) is 17.8 Å². The highest BCUT2D eigenvalue weighted by Gasteiger charge is 2.44. The molecule has 3 aliphatic carbocycles. The highest BCUT2D eigenvalue weighted by molar-refractivity contribution is 5.92. The molecule has 0 amide bonds. The quantitative estimate of drug-likeness (QED) is 0.234. The van der Waals surface area contributed by atoms with E-state index in [2.05, 4.69) is 6.58 Å². The molecule has 5 heteroatoms. The van der Waals surface area contributed by atoms with Gasteiger partial charge in [-0.2, -0.15) is 0 Å². The fourth-order valence-corrected chi connectivity index (χ4v) is 5.47. The molecule has 166 valence electrons. The van der Waals surface area contributed by atoms with Crippen molar-refractivity contribution < 1.29 is 23.8 Å². The molecular formula is C25H36O5. The first kappa shape index (κ1) is 21.6. The Kier molecular flexibility index (Phi) is 6.97. The van der Waals surface area contributed by atoms with E-state index in [1.807, 2.05) is 0 Å². The summed E-state index contributed by atoms with van der Waals surface area (Å²) in [5.41, 5.74) is 0.972. The molecule has 0 N–H and O–H groups in total. The maximum absolute atomic E-state index is 13.3. The number of ether oxygens (including phenoxy) is 3. The summed E-state index contributed by atoms with van der Waals surface area (Å²) in [6.45, 7) is 5.81. The molecule has 0 radical (unpaired) electrons. The normalized spacial score (nSPS) is 29.8. The third-order valence-electron chi connectivity index (χ3n) is 7.35. The van der Waals surface area contributed by atoms with Crippen molar-refractivity contribution >= 4 is 11.9 Å². The van der Waals surface area contributed by atoms with Gasteiger partial charge in [-0.15, -0.1) is 0 Å². The second-order valence-electron chi connectivity index (χ2n) is 9.84. The summed E-state index contributed by atoms with van der Waals surface area (Å²) in [5.74, 6) is 0.843. The molecular weight excluding hydrogens is 380 g/mol. The van der Waals surface area contributed by atoms with Gasteiger partial charge in [0.1, 0.15) is 5.76 Å². The number of carbonyl (C=O) groups excluding carboxylic acids is 2. The molecule has 1 saturated heterocycles. The molecule has 1 aliphatic heterocycles. The molecule has 0 aromatic heterocycles. The van der Waals surface area contributed by atoms with Crippen molar-refractivity contribution in [1.82, 2.24) is 0 Å². The fourth-order valence-electron chi connectivity index (χ4n) is 5.47. The third kappa shape index (κ3) is 5.35. The van der Waals surface area contributed by atoms with Gasteiger partial charge in [0.25, 0.3) is 0 Å². The largest absolute Gasteiger partial charge is 0.462 e. The van der Waals surface area contributed by atoms with Crippen molar-refractivity contribution in [3.8, 4) is 0 Å². The van der Waals surface area contributed by atoms with Crippen LogP contribution >= 0.6 is 0 Å². The minimum Gasteiger partial charge on any atom is -0.462 e. The van der Waals surface area contributed by atoms with Crippen LogP contribution in [0.3, 0.4) is 0 Å². The van der Waals surface area contributed by atoms with Gasteiger partial charge in [-0.05, 0) is 57.3 Å². The van der Waals surface area contributed by atoms with Crippen LogP contribution in [0.25, 0.3) is 0 Å². The first-order valence-electron chi connectivity index (χ1n) is 11.9. The third-order valence-corrected chi connectivity index (χ3v) is 7.35. The van der Waals surface area contributed by atoms with Gasteiger partial charge < -0.3 is 14.2 Å². The smallest absolute Gasteiger partial charge is 0.338 e. The topological polar surface area (TPSA) is 65.1 Å². The molecule has 1 heterocycles. The number of rotatable bonds is 8. The number of epoxide rings is 1. The molecule has 4 fully saturated rings. The molecule has 4 aliphatic rings. The lowest BCUT2D eigenvalue weighted by Gasteiger charge is -2.23. The van der Waals surface area contributed by atoms with Gasteiger partial charge in [-0.25, -0.2) is 9.59 Å². The van der Waals surface area contributed by atoms with Crippen LogP contribution in [0.2, 0.25) is 0 Å². The Balaban J connectivity index is 1.51. The van der Waals surface area contributed by atoms with Crippen LogP contribution < -0.4 is 0 Å². The van der Waals surface area contributed by atoms with E-state index in [0.717, 1.165) is 57.8 Å². The predicted molar refractivity (Wildman–Crippen MR) is 113 cm³/mol. The summed E-state index contributed by atoms with van der Waals surface area (Å²) in [7, 11) is 0. The molecule has 0 bridgehead atoms. The minimum atomic E-state index is -0.433. The van der Waals surface area contributed by atoms with Gasteiger partial charge in [0, 0.05) is 11.5 Å². The summed E-state index contributed by atoms with van der Waals surface area (Å²) < 4.78 is 17.3. The fraction of sp³-hybridized carbons (Fsp3) is 0.760. The minimum absolute atomic E-state index is 0.132. The molecule has 3 saturated carbocycles. The average Bonchev–Trinajstić information content (AvgIpc) is 3.11. The van der Waals surface area contributed by atoms with Crippen molar-refractivity contribution in [2.75, 3.05) is 6.61 Å². The highest BCUT2D eigenvalue weighted by Crippen LogP contribution is 2.40. The standard InChI is InChI=1S/C25H36O5/c1-16(2)24(26)30-23(19-9-5-6-10-19)20(13-17-7-3-4-8-17)25(27)28-15-18-11-12-21-22(14-18)29-21/h17-19,21-22H,1,3-15H2,2H3/b23-20-. The Morgan fingerprint density at radius 2 is 1.60 bits per heavy atom. The summed E-state index contributed by atoms with van der Waals surface area (Å²) in [6.07, 6.45) is 13.4. The second kappa shape index (κ2) is 9.67. The summed E-state index contributed by atoms with van der Waals surface area (Å²) in [6, 6.07) is 0. The number of esters is 2. The SMILES string of the molecule is C=C(C)C(=O)O/C(=C(/CC1CCCC1)C(=O)OCC1CCC2OC2C1)C1CCCC1.